The van der Waals surface area contributed by atoms with Crippen LogP contribution in [-0.4, -0.2) is 41.5 Å². The first-order valence-electron chi connectivity index (χ1n) is 12.1. The second-order valence-corrected chi connectivity index (χ2v) is 9.78. The second-order valence-electron chi connectivity index (χ2n) is 9.78. The van der Waals surface area contributed by atoms with E-state index in [1.807, 2.05) is 81.4 Å². The van der Waals surface area contributed by atoms with Crippen LogP contribution in [0.25, 0.3) is 10.8 Å². The molecule has 0 spiro atoms. The fourth-order valence-corrected chi connectivity index (χ4v) is 4.06. The van der Waals surface area contributed by atoms with E-state index in [0.717, 1.165) is 27.5 Å². The van der Waals surface area contributed by atoms with Crippen molar-refractivity contribution in [3.05, 3.63) is 77.4 Å². The topological polar surface area (TPSA) is 87.7 Å². The van der Waals surface area contributed by atoms with E-state index < -0.39 is 17.7 Å². The number of rotatable bonds is 7. The summed E-state index contributed by atoms with van der Waals surface area (Å²) in [5, 5.41) is 7.58. The molecule has 0 saturated heterocycles. The Hall–Kier alpha value is -3.87. The van der Waals surface area contributed by atoms with Gasteiger partial charge in [-0.1, -0.05) is 48.5 Å². The largest absolute Gasteiger partial charge is 0.444 e. The number of alkyl carbamates (subject to hydrolysis) is 1. The van der Waals surface area contributed by atoms with Crippen molar-refractivity contribution >= 4 is 34.4 Å². The maximum absolute atomic E-state index is 13.7. The number of hydrogen-bond acceptors (Lipinski definition) is 4. The summed E-state index contributed by atoms with van der Waals surface area (Å²) in [6, 6.07) is 18.5. The second kappa shape index (κ2) is 11.2. The molecule has 3 rings (SSSR count). The molecule has 3 aromatic rings. The predicted octanol–water partition coefficient (Wildman–Crippen LogP) is 5.51. The Morgan fingerprint density at radius 3 is 2.31 bits per heavy atom. The average Bonchev–Trinajstić information content (AvgIpc) is 2.82. The Morgan fingerprint density at radius 2 is 1.64 bits per heavy atom. The molecule has 2 N–H and O–H groups in total. The number of benzene rings is 3. The zero-order valence-electron chi connectivity index (χ0n) is 21.8. The molecule has 1 atom stereocenters. The number of anilines is 1. The van der Waals surface area contributed by atoms with Gasteiger partial charge in [-0.25, -0.2) is 4.79 Å². The van der Waals surface area contributed by atoms with Crippen LogP contribution in [0, 0.1) is 13.8 Å². The molecule has 3 aromatic carbocycles. The number of carbonyl (C=O) groups is 3. The van der Waals surface area contributed by atoms with E-state index >= 15 is 0 Å². The minimum absolute atomic E-state index is 0.276. The number of aryl methyl sites for hydroxylation is 1. The van der Waals surface area contributed by atoms with Crippen LogP contribution < -0.4 is 10.6 Å². The summed E-state index contributed by atoms with van der Waals surface area (Å²) in [6.07, 6.45) is -0.684. The summed E-state index contributed by atoms with van der Waals surface area (Å²) in [7, 11) is 0. The van der Waals surface area contributed by atoms with E-state index in [4.69, 9.17) is 4.74 Å². The van der Waals surface area contributed by atoms with Crippen molar-refractivity contribution in [1.82, 2.24) is 10.2 Å². The fraction of sp³-hybridized carbons (Fsp3) is 0.345. The van der Waals surface area contributed by atoms with Gasteiger partial charge in [-0.05, 0) is 81.1 Å². The van der Waals surface area contributed by atoms with Crippen LogP contribution in [0.1, 0.15) is 50.4 Å². The van der Waals surface area contributed by atoms with E-state index in [-0.39, 0.29) is 24.9 Å². The first-order chi connectivity index (χ1) is 17.0. The predicted molar refractivity (Wildman–Crippen MR) is 143 cm³/mol. The highest BCUT2D eigenvalue weighted by molar-refractivity contribution is 6.00. The van der Waals surface area contributed by atoms with Crippen LogP contribution in [-0.2, 0) is 14.3 Å². The number of nitrogens with one attached hydrogen (secondary N) is 2. The standard InChI is InChI=1S/C29H35N3O4/c1-7-32(25(33)18-30-28(35)36-29(4,5)6)26(24-14-10-11-19(2)20(24)3)27(34)31-23-16-15-21-12-8-9-13-22(21)17-23/h8-17,26H,7,18H2,1-6H3,(H,30,35)(H,31,34). The number of nitrogens with zero attached hydrogens (tertiary/aromatic N) is 1. The van der Waals surface area contributed by atoms with Crippen LogP contribution in [0.3, 0.4) is 0 Å². The smallest absolute Gasteiger partial charge is 0.408 e. The van der Waals surface area contributed by atoms with Crippen molar-refractivity contribution in [1.29, 1.82) is 0 Å². The first kappa shape index (κ1) is 26.7. The molecule has 1 unspecified atom stereocenters. The number of fused-ring (bicyclic) bond motifs is 1. The summed E-state index contributed by atoms with van der Waals surface area (Å²) in [5.41, 5.74) is 2.65. The molecule has 0 heterocycles. The summed E-state index contributed by atoms with van der Waals surface area (Å²) < 4.78 is 5.24. The molecule has 0 aliphatic rings. The lowest BCUT2D eigenvalue weighted by atomic mass is 9.95. The summed E-state index contributed by atoms with van der Waals surface area (Å²) in [4.78, 5) is 40.6. The van der Waals surface area contributed by atoms with E-state index in [2.05, 4.69) is 10.6 Å². The number of carbonyl (C=O) groups excluding carboxylic acids is 3. The minimum atomic E-state index is -0.880. The Morgan fingerprint density at radius 1 is 0.944 bits per heavy atom. The molecule has 0 radical (unpaired) electrons. The van der Waals surface area contributed by atoms with E-state index in [9.17, 15) is 14.4 Å². The van der Waals surface area contributed by atoms with Crippen molar-refractivity contribution in [3.63, 3.8) is 0 Å². The third-order valence-electron chi connectivity index (χ3n) is 5.96. The molecule has 36 heavy (non-hydrogen) atoms. The van der Waals surface area contributed by atoms with Gasteiger partial charge in [0.05, 0.1) is 0 Å². The van der Waals surface area contributed by atoms with Crippen LogP contribution in [0.5, 0.6) is 0 Å². The monoisotopic (exact) mass is 489 g/mol. The van der Waals surface area contributed by atoms with Gasteiger partial charge in [-0.2, -0.15) is 0 Å². The fourth-order valence-electron chi connectivity index (χ4n) is 4.06. The van der Waals surface area contributed by atoms with Crippen molar-refractivity contribution < 1.29 is 19.1 Å². The van der Waals surface area contributed by atoms with Gasteiger partial charge in [0.1, 0.15) is 18.2 Å². The zero-order chi connectivity index (χ0) is 26.5. The van der Waals surface area contributed by atoms with Gasteiger partial charge in [0.25, 0.3) is 5.91 Å². The molecule has 0 saturated carbocycles. The SMILES string of the molecule is CCN(C(=O)CNC(=O)OC(C)(C)C)C(C(=O)Nc1ccc2ccccc2c1)c1cccc(C)c1C. The van der Waals surface area contributed by atoms with Crippen LogP contribution in [0.15, 0.2) is 60.7 Å². The Bertz CT molecular complexity index is 1260. The Labute approximate surface area is 212 Å². The van der Waals surface area contributed by atoms with Crippen LogP contribution >= 0.6 is 0 Å². The summed E-state index contributed by atoms with van der Waals surface area (Å²) >= 11 is 0. The van der Waals surface area contributed by atoms with Gasteiger partial charge in [0.15, 0.2) is 0 Å². The zero-order valence-corrected chi connectivity index (χ0v) is 21.8. The third kappa shape index (κ3) is 6.62. The van der Waals surface area contributed by atoms with Gasteiger partial charge in [-0.15, -0.1) is 0 Å². The first-order valence-corrected chi connectivity index (χ1v) is 12.1. The molecule has 7 heteroatoms. The van der Waals surface area contributed by atoms with Gasteiger partial charge in [0.2, 0.25) is 5.91 Å². The van der Waals surface area contributed by atoms with Crippen molar-refractivity contribution in [2.24, 2.45) is 0 Å². The van der Waals surface area contributed by atoms with E-state index in [0.29, 0.717) is 5.69 Å². The molecule has 190 valence electrons. The van der Waals surface area contributed by atoms with Crippen molar-refractivity contribution in [2.75, 3.05) is 18.4 Å². The lowest BCUT2D eigenvalue weighted by Crippen LogP contribution is -2.46. The minimum Gasteiger partial charge on any atom is -0.444 e. The molecule has 7 nitrogen and oxygen atoms in total. The number of amides is 3. The van der Waals surface area contributed by atoms with Crippen LogP contribution in [0.4, 0.5) is 10.5 Å². The molecule has 3 amide bonds. The third-order valence-corrected chi connectivity index (χ3v) is 5.96. The summed E-state index contributed by atoms with van der Waals surface area (Å²) in [6.45, 7) is 11.0. The highest BCUT2D eigenvalue weighted by Gasteiger charge is 2.32. The maximum atomic E-state index is 13.7. The van der Waals surface area contributed by atoms with Gasteiger partial charge < -0.3 is 20.3 Å². The number of hydrogen-bond donors (Lipinski definition) is 2. The van der Waals surface area contributed by atoms with E-state index in [1.165, 1.54) is 4.90 Å². The van der Waals surface area contributed by atoms with Gasteiger partial charge in [0, 0.05) is 12.2 Å². The Kier molecular flexibility index (Phi) is 8.35. The quantitative estimate of drug-likeness (QED) is 0.458. The lowest BCUT2D eigenvalue weighted by Gasteiger charge is -2.32. The van der Waals surface area contributed by atoms with Crippen molar-refractivity contribution in [2.45, 2.75) is 53.2 Å². The van der Waals surface area contributed by atoms with Gasteiger partial charge >= 0.3 is 6.09 Å². The van der Waals surface area contributed by atoms with Crippen molar-refractivity contribution in [3.8, 4) is 0 Å². The van der Waals surface area contributed by atoms with Crippen LogP contribution in [0.2, 0.25) is 0 Å². The molecule has 0 aliphatic heterocycles. The molecular formula is C29H35N3O4. The molecule has 0 bridgehead atoms. The maximum Gasteiger partial charge on any atom is 0.408 e. The molecule has 0 aromatic heterocycles. The molecule has 0 fully saturated rings. The average molecular weight is 490 g/mol. The summed E-state index contributed by atoms with van der Waals surface area (Å²) in [5.74, 6) is -0.714. The lowest BCUT2D eigenvalue weighted by molar-refractivity contribution is -0.138. The Balaban J connectivity index is 1.90. The van der Waals surface area contributed by atoms with Gasteiger partial charge in [-0.3, -0.25) is 9.59 Å². The number of likely N-dealkylation sites (N-methyl/N-ethyl adjacent to an activating group) is 1. The normalized spacial score (nSPS) is 12.1. The molecular weight excluding hydrogens is 454 g/mol. The number of ether oxygens (including phenoxy) is 1. The molecule has 0 aliphatic carbocycles. The highest BCUT2D eigenvalue weighted by atomic mass is 16.6. The van der Waals surface area contributed by atoms with E-state index in [1.54, 1.807) is 20.8 Å². The highest BCUT2D eigenvalue weighted by Crippen LogP contribution is 2.28.